The number of carbonyl (C=O) groups is 1. The molecule has 0 radical (unpaired) electrons. The standard InChI is InChI=1S/C7H13N3O2/c1-7(2,3)9-6(11)5(4-8)10-12/h5,10,12H,1-3H3,(H,9,11). The van der Waals surface area contributed by atoms with Gasteiger partial charge in [-0.05, 0) is 20.8 Å². The van der Waals surface area contributed by atoms with E-state index in [2.05, 4.69) is 5.32 Å². The second-order valence-electron chi connectivity index (χ2n) is 3.43. The average molecular weight is 171 g/mol. The predicted molar refractivity (Wildman–Crippen MR) is 42.2 cm³/mol. The number of nitriles is 1. The molecule has 0 aromatic rings. The van der Waals surface area contributed by atoms with E-state index in [1.165, 1.54) is 0 Å². The van der Waals surface area contributed by atoms with E-state index in [0.29, 0.717) is 0 Å². The molecule has 1 unspecified atom stereocenters. The molecule has 0 heterocycles. The Morgan fingerprint density at radius 1 is 1.58 bits per heavy atom. The highest BCUT2D eigenvalue weighted by Gasteiger charge is 2.21. The monoisotopic (exact) mass is 171 g/mol. The highest BCUT2D eigenvalue weighted by atomic mass is 16.5. The highest BCUT2D eigenvalue weighted by molar-refractivity contribution is 5.84. The fraction of sp³-hybridized carbons (Fsp3) is 0.714. The lowest BCUT2D eigenvalue weighted by molar-refractivity contribution is -0.125. The summed E-state index contributed by atoms with van der Waals surface area (Å²) in [5, 5.41) is 19.3. The van der Waals surface area contributed by atoms with Gasteiger partial charge in [0.1, 0.15) is 0 Å². The van der Waals surface area contributed by atoms with Crippen LogP contribution in [0.25, 0.3) is 0 Å². The fourth-order valence-corrected chi connectivity index (χ4v) is 0.588. The molecule has 1 amide bonds. The van der Waals surface area contributed by atoms with Crippen LogP contribution >= 0.6 is 0 Å². The maximum absolute atomic E-state index is 11.1. The van der Waals surface area contributed by atoms with Gasteiger partial charge in [-0.3, -0.25) is 4.79 Å². The smallest absolute Gasteiger partial charge is 0.254 e. The SMILES string of the molecule is CC(C)(C)NC(=O)C(C#N)NO. The van der Waals surface area contributed by atoms with Crippen LogP contribution < -0.4 is 10.8 Å². The number of hydrogen-bond donors (Lipinski definition) is 3. The van der Waals surface area contributed by atoms with E-state index in [-0.39, 0.29) is 0 Å². The largest absolute Gasteiger partial charge is 0.349 e. The van der Waals surface area contributed by atoms with Crippen molar-refractivity contribution in [3.63, 3.8) is 0 Å². The van der Waals surface area contributed by atoms with Gasteiger partial charge in [0.2, 0.25) is 0 Å². The van der Waals surface area contributed by atoms with Gasteiger partial charge in [-0.15, -0.1) is 0 Å². The topological polar surface area (TPSA) is 85.2 Å². The van der Waals surface area contributed by atoms with Crippen LogP contribution in [0.15, 0.2) is 0 Å². The zero-order valence-corrected chi connectivity index (χ0v) is 7.38. The third kappa shape index (κ3) is 3.91. The van der Waals surface area contributed by atoms with Crippen LogP contribution in [-0.2, 0) is 4.79 Å². The Hall–Kier alpha value is -1.12. The van der Waals surface area contributed by atoms with Gasteiger partial charge in [0.05, 0.1) is 6.07 Å². The number of hydroxylamine groups is 1. The van der Waals surface area contributed by atoms with Crippen molar-refractivity contribution in [1.82, 2.24) is 10.8 Å². The lowest BCUT2D eigenvalue weighted by atomic mass is 10.1. The van der Waals surface area contributed by atoms with Crippen LogP contribution in [0.4, 0.5) is 0 Å². The molecule has 0 saturated carbocycles. The van der Waals surface area contributed by atoms with E-state index >= 15 is 0 Å². The van der Waals surface area contributed by atoms with Crippen molar-refractivity contribution in [3.8, 4) is 6.07 Å². The van der Waals surface area contributed by atoms with Gasteiger partial charge in [-0.1, -0.05) is 0 Å². The number of nitrogens with one attached hydrogen (secondary N) is 2. The van der Waals surface area contributed by atoms with Crippen LogP contribution in [0, 0.1) is 11.3 Å². The van der Waals surface area contributed by atoms with Crippen LogP contribution in [0.2, 0.25) is 0 Å². The molecule has 0 saturated heterocycles. The molecule has 0 aliphatic heterocycles. The van der Waals surface area contributed by atoms with Gasteiger partial charge in [0, 0.05) is 5.54 Å². The van der Waals surface area contributed by atoms with Crippen LogP contribution in [-0.4, -0.2) is 22.7 Å². The Kier molecular flexibility index (Phi) is 3.67. The van der Waals surface area contributed by atoms with E-state index in [1.54, 1.807) is 32.3 Å². The highest BCUT2D eigenvalue weighted by Crippen LogP contribution is 1.98. The minimum Gasteiger partial charge on any atom is -0.349 e. The van der Waals surface area contributed by atoms with Crippen molar-refractivity contribution in [1.29, 1.82) is 5.26 Å². The molecule has 1 atom stereocenters. The van der Waals surface area contributed by atoms with E-state index in [4.69, 9.17) is 10.5 Å². The van der Waals surface area contributed by atoms with Gasteiger partial charge in [0.15, 0.2) is 6.04 Å². The second-order valence-corrected chi connectivity index (χ2v) is 3.43. The van der Waals surface area contributed by atoms with E-state index in [9.17, 15) is 4.79 Å². The third-order valence-corrected chi connectivity index (χ3v) is 1.02. The Morgan fingerprint density at radius 3 is 2.33 bits per heavy atom. The van der Waals surface area contributed by atoms with Crippen LogP contribution in [0.1, 0.15) is 20.8 Å². The zero-order valence-electron chi connectivity index (χ0n) is 7.38. The van der Waals surface area contributed by atoms with Crippen molar-refractivity contribution in [3.05, 3.63) is 0 Å². The molecule has 12 heavy (non-hydrogen) atoms. The molecule has 68 valence electrons. The van der Waals surface area contributed by atoms with Crippen molar-refractivity contribution in [2.45, 2.75) is 32.4 Å². The van der Waals surface area contributed by atoms with Gasteiger partial charge in [0.25, 0.3) is 5.91 Å². The van der Waals surface area contributed by atoms with E-state index in [1.807, 2.05) is 0 Å². The lowest BCUT2D eigenvalue weighted by Crippen LogP contribution is -2.49. The normalized spacial score (nSPS) is 13.2. The molecule has 0 aliphatic carbocycles. The van der Waals surface area contributed by atoms with Crippen molar-refractivity contribution >= 4 is 5.91 Å². The lowest BCUT2D eigenvalue weighted by Gasteiger charge is -2.21. The summed E-state index contributed by atoms with van der Waals surface area (Å²) in [5.74, 6) is -0.535. The van der Waals surface area contributed by atoms with Crippen LogP contribution in [0.3, 0.4) is 0 Å². The maximum Gasteiger partial charge on any atom is 0.254 e. The summed E-state index contributed by atoms with van der Waals surface area (Å²) in [4.78, 5) is 11.1. The molecule has 5 nitrogen and oxygen atoms in total. The molecule has 0 bridgehead atoms. The first-order valence-corrected chi connectivity index (χ1v) is 3.52. The third-order valence-electron chi connectivity index (χ3n) is 1.02. The first kappa shape index (κ1) is 10.9. The summed E-state index contributed by atoms with van der Waals surface area (Å²) >= 11 is 0. The van der Waals surface area contributed by atoms with E-state index in [0.717, 1.165) is 0 Å². The predicted octanol–water partition coefficient (Wildman–Crippen LogP) is -0.228. The number of rotatable bonds is 2. The molecule has 3 N–H and O–H groups in total. The minimum atomic E-state index is -1.20. The van der Waals surface area contributed by atoms with Crippen molar-refractivity contribution < 1.29 is 10.0 Å². The van der Waals surface area contributed by atoms with Crippen molar-refractivity contribution in [2.75, 3.05) is 0 Å². The zero-order chi connectivity index (χ0) is 9.78. The Morgan fingerprint density at radius 2 is 2.08 bits per heavy atom. The molecule has 0 fully saturated rings. The summed E-state index contributed by atoms with van der Waals surface area (Å²) in [6.45, 7) is 5.37. The fourth-order valence-electron chi connectivity index (χ4n) is 0.588. The van der Waals surface area contributed by atoms with Gasteiger partial charge in [-0.25, -0.2) is 0 Å². The van der Waals surface area contributed by atoms with Gasteiger partial charge < -0.3 is 10.5 Å². The summed E-state index contributed by atoms with van der Waals surface area (Å²) < 4.78 is 0. The summed E-state index contributed by atoms with van der Waals surface area (Å²) in [6.07, 6.45) is 0. The Labute approximate surface area is 71.3 Å². The first-order valence-electron chi connectivity index (χ1n) is 3.52. The summed E-state index contributed by atoms with van der Waals surface area (Å²) in [5.41, 5.74) is 1.20. The van der Waals surface area contributed by atoms with Crippen molar-refractivity contribution in [2.24, 2.45) is 0 Å². The van der Waals surface area contributed by atoms with Gasteiger partial charge >= 0.3 is 0 Å². The second kappa shape index (κ2) is 4.04. The molecular weight excluding hydrogens is 158 g/mol. The Bertz CT molecular complexity index is 202. The average Bonchev–Trinajstić information content (AvgIpc) is 1.85. The van der Waals surface area contributed by atoms with Gasteiger partial charge in [-0.2, -0.15) is 10.7 Å². The number of nitrogens with zero attached hydrogens (tertiary/aromatic N) is 1. The molecule has 0 aliphatic rings. The number of amides is 1. The summed E-state index contributed by atoms with van der Waals surface area (Å²) in [6, 6.07) is 0.397. The molecule has 0 rings (SSSR count). The van der Waals surface area contributed by atoms with Crippen LogP contribution in [0.5, 0.6) is 0 Å². The van der Waals surface area contributed by atoms with E-state index < -0.39 is 17.5 Å². The maximum atomic E-state index is 11.1. The molecule has 0 aromatic carbocycles. The molecular formula is C7H13N3O2. The minimum absolute atomic E-state index is 0.400. The molecule has 0 spiro atoms. The first-order chi connectivity index (χ1) is 5.40. The number of hydrogen-bond acceptors (Lipinski definition) is 4. The quantitative estimate of drug-likeness (QED) is 0.501. The Balaban J connectivity index is 4.14. The summed E-state index contributed by atoms with van der Waals surface area (Å²) in [7, 11) is 0. The number of carbonyl (C=O) groups excluding carboxylic acids is 1. The molecule has 0 aromatic heterocycles. The molecule has 5 heteroatoms.